The number of pyridine rings is 2. The van der Waals surface area contributed by atoms with Crippen LogP contribution in [0.25, 0.3) is 10.9 Å². The molecule has 0 bridgehead atoms. The molecule has 2 aromatic heterocycles. The van der Waals surface area contributed by atoms with Gasteiger partial charge in [-0.1, -0.05) is 24.3 Å². The summed E-state index contributed by atoms with van der Waals surface area (Å²) < 4.78 is 5.75. The fourth-order valence-electron chi connectivity index (χ4n) is 2.94. The number of rotatable bonds is 1. The molecule has 1 aliphatic heterocycles. The lowest BCUT2D eigenvalue weighted by Gasteiger charge is -2.26. The van der Waals surface area contributed by atoms with Gasteiger partial charge in [0, 0.05) is 29.5 Å². The van der Waals surface area contributed by atoms with E-state index in [1.807, 2.05) is 36.4 Å². The minimum atomic E-state index is -0.302. The lowest BCUT2D eigenvalue weighted by molar-refractivity contribution is 0.397. The van der Waals surface area contributed by atoms with Crippen molar-refractivity contribution in [2.75, 3.05) is 0 Å². The smallest absolute Gasteiger partial charge is 0.205 e. The molecule has 1 aliphatic rings. The number of hydrogen-bond donors (Lipinski definition) is 1. The zero-order chi connectivity index (χ0) is 15.8. The Hall–Kier alpha value is -3.39. The molecule has 5 heteroatoms. The molecule has 110 valence electrons. The Morgan fingerprint density at radius 3 is 2.78 bits per heavy atom. The van der Waals surface area contributed by atoms with Crippen molar-refractivity contribution in [3.63, 3.8) is 0 Å². The molecule has 5 nitrogen and oxygen atoms in total. The first-order chi connectivity index (χ1) is 11.3. The molecule has 4 rings (SSSR count). The van der Waals surface area contributed by atoms with Crippen LogP contribution in [0.15, 0.2) is 66.4 Å². The van der Waals surface area contributed by atoms with E-state index in [1.165, 1.54) is 0 Å². The van der Waals surface area contributed by atoms with Gasteiger partial charge in [-0.15, -0.1) is 0 Å². The van der Waals surface area contributed by atoms with Crippen LogP contribution in [0.2, 0.25) is 0 Å². The van der Waals surface area contributed by atoms with Crippen molar-refractivity contribution in [3.05, 3.63) is 77.6 Å². The average Bonchev–Trinajstić information content (AvgIpc) is 2.61. The highest BCUT2D eigenvalue weighted by Crippen LogP contribution is 2.44. The van der Waals surface area contributed by atoms with E-state index in [0.29, 0.717) is 11.3 Å². The molecule has 0 unspecified atom stereocenters. The number of hydrogen-bond acceptors (Lipinski definition) is 5. The van der Waals surface area contributed by atoms with Crippen LogP contribution in [0.1, 0.15) is 17.0 Å². The van der Waals surface area contributed by atoms with Gasteiger partial charge < -0.3 is 10.5 Å². The van der Waals surface area contributed by atoms with Gasteiger partial charge in [0.05, 0.1) is 5.92 Å². The monoisotopic (exact) mass is 300 g/mol. The molecule has 0 spiro atoms. The second-order valence-electron chi connectivity index (χ2n) is 5.27. The van der Waals surface area contributed by atoms with E-state index in [0.717, 1.165) is 22.0 Å². The van der Waals surface area contributed by atoms with Crippen LogP contribution in [0.3, 0.4) is 0 Å². The molecule has 0 saturated carbocycles. The molecule has 0 fully saturated rings. The van der Waals surface area contributed by atoms with Crippen molar-refractivity contribution in [1.29, 1.82) is 5.26 Å². The molecule has 2 N–H and O–H groups in total. The SMILES string of the molecule is N#CC1=C(N)Oc2c(ccc3cccnc23)[C@@H]1c1cccnc1. The van der Waals surface area contributed by atoms with Crippen molar-refractivity contribution in [2.45, 2.75) is 5.92 Å². The van der Waals surface area contributed by atoms with Gasteiger partial charge in [-0.05, 0) is 17.7 Å². The Balaban J connectivity index is 2.03. The van der Waals surface area contributed by atoms with E-state index >= 15 is 0 Å². The summed E-state index contributed by atoms with van der Waals surface area (Å²) in [6.45, 7) is 0. The Morgan fingerprint density at radius 2 is 2.00 bits per heavy atom. The maximum atomic E-state index is 9.53. The number of allylic oxidation sites excluding steroid dienone is 1. The topological polar surface area (TPSA) is 84.8 Å². The second kappa shape index (κ2) is 5.11. The van der Waals surface area contributed by atoms with Gasteiger partial charge in [0.25, 0.3) is 0 Å². The molecule has 1 atom stereocenters. The summed E-state index contributed by atoms with van der Waals surface area (Å²) >= 11 is 0. The van der Waals surface area contributed by atoms with E-state index in [-0.39, 0.29) is 11.8 Å². The van der Waals surface area contributed by atoms with Crippen molar-refractivity contribution in [2.24, 2.45) is 5.73 Å². The second-order valence-corrected chi connectivity index (χ2v) is 5.27. The third-order valence-corrected chi connectivity index (χ3v) is 3.97. The van der Waals surface area contributed by atoms with Crippen LogP contribution in [-0.4, -0.2) is 9.97 Å². The van der Waals surface area contributed by atoms with Crippen molar-refractivity contribution in [3.8, 4) is 11.8 Å². The summed E-state index contributed by atoms with van der Waals surface area (Å²) in [4.78, 5) is 8.57. The highest BCUT2D eigenvalue weighted by atomic mass is 16.5. The highest BCUT2D eigenvalue weighted by Gasteiger charge is 2.32. The number of nitrogens with zero attached hydrogens (tertiary/aromatic N) is 3. The number of ether oxygens (including phenoxy) is 1. The quantitative estimate of drug-likeness (QED) is 0.747. The average molecular weight is 300 g/mol. The van der Waals surface area contributed by atoms with Gasteiger partial charge in [-0.3, -0.25) is 9.97 Å². The van der Waals surface area contributed by atoms with Gasteiger partial charge >= 0.3 is 0 Å². The van der Waals surface area contributed by atoms with Crippen LogP contribution >= 0.6 is 0 Å². The van der Waals surface area contributed by atoms with Crippen molar-refractivity contribution < 1.29 is 4.74 Å². The lowest BCUT2D eigenvalue weighted by atomic mass is 9.84. The molecule has 0 aliphatic carbocycles. The Kier molecular flexibility index (Phi) is 2.95. The number of fused-ring (bicyclic) bond motifs is 3. The largest absolute Gasteiger partial charge is 0.438 e. The van der Waals surface area contributed by atoms with Crippen LogP contribution in [0, 0.1) is 11.3 Å². The minimum absolute atomic E-state index is 0.118. The zero-order valence-electron chi connectivity index (χ0n) is 12.1. The van der Waals surface area contributed by atoms with Gasteiger partial charge in [0.15, 0.2) is 5.75 Å². The normalized spacial score (nSPS) is 16.6. The van der Waals surface area contributed by atoms with E-state index < -0.39 is 0 Å². The molecular weight excluding hydrogens is 288 g/mol. The predicted octanol–water partition coefficient (Wildman–Crippen LogP) is 2.85. The molecule has 3 heterocycles. The van der Waals surface area contributed by atoms with Crippen LogP contribution < -0.4 is 10.5 Å². The molecular formula is C18H12N4O. The van der Waals surface area contributed by atoms with E-state index in [2.05, 4.69) is 16.0 Å². The fourth-order valence-corrected chi connectivity index (χ4v) is 2.94. The first-order valence-corrected chi connectivity index (χ1v) is 7.14. The zero-order valence-corrected chi connectivity index (χ0v) is 12.1. The third-order valence-electron chi connectivity index (χ3n) is 3.97. The molecule has 0 amide bonds. The van der Waals surface area contributed by atoms with Crippen LogP contribution in [0.4, 0.5) is 0 Å². The van der Waals surface area contributed by atoms with Crippen molar-refractivity contribution in [1.82, 2.24) is 9.97 Å². The van der Waals surface area contributed by atoms with Gasteiger partial charge in [-0.2, -0.15) is 5.26 Å². The maximum absolute atomic E-state index is 9.53. The van der Waals surface area contributed by atoms with E-state index in [1.54, 1.807) is 18.6 Å². The molecule has 0 radical (unpaired) electrons. The molecule has 1 aromatic carbocycles. The Bertz CT molecular complexity index is 973. The van der Waals surface area contributed by atoms with Crippen molar-refractivity contribution >= 4 is 10.9 Å². The summed E-state index contributed by atoms with van der Waals surface area (Å²) in [6, 6.07) is 13.7. The Labute approximate surface area is 132 Å². The van der Waals surface area contributed by atoms with E-state index in [9.17, 15) is 5.26 Å². The summed E-state index contributed by atoms with van der Waals surface area (Å²) in [5, 5.41) is 10.5. The van der Waals surface area contributed by atoms with Crippen LogP contribution in [-0.2, 0) is 0 Å². The molecule has 3 aromatic rings. The maximum Gasteiger partial charge on any atom is 0.205 e. The number of benzene rings is 1. The standard InChI is InChI=1S/C18H12N4O/c19-9-14-15(12-4-1-7-21-10-12)13-6-5-11-3-2-8-22-16(11)17(13)23-18(14)20/h1-8,10,15H,20H2/t15-/m0/s1. The van der Waals surface area contributed by atoms with Gasteiger partial charge in [0.1, 0.15) is 17.2 Å². The molecule has 0 saturated heterocycles. The summed E-state index contributed by atoms with van der Waals surface area (Å²) in [5.74, 6) is 0.421. The van der Waals surface area contributed by atoms with Crippen LogP contribution in [0.5, 0.6) is 5.75 Å². The Morgan fingerprint density at radius 1 is 1.13 bits per heavy atom. The summed E-state index contributed by atoms with van der Waals surface area (Å²) in [5.41, 5.74) is 8.90. The first-order valence-electron chi connectivity index (χ1n) is 7.14. The predicted molar refractivity (Wildman–Crippen MR) is 85.3 cm³/mol. The molecule has 23 heavy (non-hydrogen) atoms. The number of nitriles is 1. The highest BCUT2D eigenvalue weighted by molar-refractivity contribution is 5.87. The van der Waals surface area contributed by atoms with Gasteiger partial charge in [-0.25, -0.2) is 0 Å². The lowest BCUT2D eigenvalue weighted by Crippen LogP contribution is -2.21. The number of aromatic nitrogens is 2. The summed E-state index contributed by atoms with van der Waals surface area (Å²) in [7, 11) is 0. The summed E-state index contributed by atoms with van der Waals surface area (Å²) in [6.07, 6.45) is 5.16. The number of nitrogens with two attached hydrogens (primary N) is 1. The fraction of sp³-hybridized carbons (Fsp3) is 0.0556. The van der Waals surface area contributed by atoms with E-state index in [4.69, 9.17) is 10.5 Å². The van der Waals surface area contributed by atoms with Gasteiger partial charge in [0.2, 0.25) is 5.88 Å². The minimum Gasteiger partial charge on any atom is -0.438 e. The third kappa shape index (κ3) is 2.00. The first kappa shape index (κ1) is 13.3.